The van der Waals surface area contributed by atoms with E-state index in [2.05, 4.69) is 30.1 Å². The van der Waals surface area contributed by atoms with Crippen LogP contribution in [-0.2, 0) is 0 Å². The van der Waals surface area contributed by atoms with Crippen molar-refractivity contribution in [1.82, 2.24) is 10.6 Å². The molecule has 0 radical (unpaired) electrons. The van der Waals surface area contributed by atoms with Gasteiger partial charge in [0, 0.05) is 24.4 Å². The first-order valence-electron chi connectivity index (χ1n) is 7.86. The van der Waals surface area contributed by atoms with Gasteiger partial charge in [-0.3, -0.25) is 4.99 Å². The van der Waals surface area contributed by atoms with Crippen molar-refractivity contribution in [3.8, 4) is 0 Å². The molecule has 1 fully saturated rings. The molecule has 1 aliphatic rings. The number of hydrogen-bond donors (Lipinski definition) is 2. The summed E-state index contributed by atoms with van der Waals surface area (Å²) in [6.07, 6.45) is 12.1. The van der Waals surface area contributed by atoms with E-state index in [1.165, 1.54) is 44.3 Å². The van der Waals surface area contributed by atoms with E-state index in [0.717, 1.165) is 24.3 Å². The Morgan fingerprint density at radius 2 is 2.10 bits per heavy atom. The molecule has 3 nitrogen and oxygen atoms in total. The molecule has 0 aromatic rings. The van der Waals surface area contributed by atoms with Gasteiger partial charge >= 0.3 is 0 Å². The van der Waals surface area contributed by atoms with Crippen molar-refractivity contribution in [2.75, 3.05) is 31.4 Å². The van der Waals surface area contributed by atoms with Crippen LogP contribution >= 0.6 is 23.5 Å². The van der Waals surface area contributed by atoms with Crippen LogP contribution in [0.2, 0.25) is 0 Å². The van der Waals surface area contributed by atoms with Crippen molar-refractivity contribution < 1.29 is 0 Å². The second kappa shape index (κ2) is 11.6. The summed E-state index contributed by atoms with van der Waals surface area (Å²) in [5.74, 6) is 2.26. The maximum absolute atomic E-state index is 4.71. The second-order valence-corrected chi connectivity index (χ2v) is 7.45. The van der Waals surface area contributed by atoms with Crippen LogP contribution in [0.1, 0.15) is 45.4 Å². The second-order valence-electron chi connectivity index (χ2n) is 5.33. The molecular weight excluding hydrogens is 286 g/mol. The smallest absolute Gasteiger partial charge is 0.191 e. The topological polar surface area (TPSA) is 36.4 Å². The Morgan fingerprint density at radius 1 is 1.25 bits per heavy atom. The van der Waals surface area contributed by atoms with E-state index < -0.39 is 0 Å². The summed E-state index contributed by atoms with van der Waals surface area (Å²) in [5.41, 5.74) is 0. The molecule has 0 bridgehead atoms. The Kier molecular flexibility index (Phi) is 10.5. The Labute approximate surface area is 133 Å². The molecular formula is C15H31N3S2. The van der Waals surface area contributed by atoms with Crippen molar-refractivity contribution in [1.29, 1.82) is 0 Å². The van der Waals surface area contributed by atoms with Gasteiger partial charge in [0.25, 0.3) is 0 Å². The van der Waals surface area contributed by atoms with Gasteiger partial charge in [0.2, 0.25) is 0 Å². The van der Waals surface area contributed by atoms with Crippen LogP contribution in [0.25, 0.3) is 0 Å². The molecule has 0 aromatic carbocycles. The quantitative estimate of drug-likeness (QED) is 0.409. The third kappa shape index (κ3) is 7.67. The third-order valence-corrected chi connectivity index (χ3v) is 5.46. The number of guanidine groups is 1. The Morgan fingerprint density at radius 3 is 2.80 bits per heavy atom. The summed E-state index contributed by atoms with van der Waals surface area (Å²) in [4.78, 5) is 4.71. The lowest BCUT2D eigenvalue weighted by molar-refractivity contribution is 0.419. The summed E-state index contributed by atoms with van der Waals surface area (Å²) < 4.78 is 0. The first-order chi connectivity index (χ1) is 9.80. The lowest BCUT2D eigenvalue weighted by Gasteiger charge is -2.29. The van der Waals surface area contributed by atoms with Crippen LogP contribution in [0.3, 0.4) is 0 Å². The van der Waals surface area contributed by atoms with E-state index in [-0.39, 0.29) is 0 Å². The van der Waals surface area contributed by atoms with Gasteiger partial charge in [0.15, 0.2) is 5.96 Å². The van der Waals surface area contributed by atoms with Crippen molar-refractivity contribution in [2.45, 2.75) is 56.7 Å². The molecule has 2 unspecified atom stereocenters. The van der Waals surface area contributed by atoms with Crippen LogP contribution in [0, 0.1) is 0 Å². The molecule has 1 aliphatic carbocycles. The van der Waals surface area contributed by atoms with E-state index in [1.54, 1.807) is 0 Å². The van der Waals surface area contributed by atoms with E-state index in [4.69, 9.17) is 4.99 Å². The summed E-state index contributed by atoms with van der Waals surface area (Å²) in [5, 5.41) is 7.84. The van der Waals surface area contributed by atoms with Crippen molar-refractivity contribution in [3.63, 3.8) is 0 Å². The molecule has 118 valence electrons. The van der Waals surface area contributed by atoms with Gasteiger partial charge < -0.3 is 10.6 Å². The first kappa shape index (κ1) is 18.0. The molecule has 1 rings (SSSR count). The van der Waals surface area contributed by atoms with Crippen molar-refractivity contribution in [2.24, 2.45) is 4.99 Å². The Hall–Kier alpha value is -0.0300. The number of thioether (sulfide) groups is 2. The highest BCUT2D eigenvalue weighted by Gasteiger charge is 2.21. The maximum Gasteiger partial charge on any atom is 0.191 e. The fourth-order valence-electron chi connectivity index (χ4n) is 2.55. The third-order valence-electron chi connectivity index (χ3n) is 3.67. The van der Waals surface area contributed by atoms with Gasteiger partial charge in [-0.2, -0.15) is 23.5 Å². The van der Waals surface area contributed by atoms with Gasteiger partial charge in [0.05, 0.1) is 0 Å². The minimum absolute atomic E-state index is 0.602. The molecule has 2 atom stereocenters. The molecule has 0 aliphatic heterocycles. The number of nitrogens with zero attached hydrogens (tertiary/aromatic N) is 1. The van der Waals surface area contributed by atoms with Gasteiger partial charge in [0.1, 0.15) is 0 Å². The summed E-state index contributed by atoms with van der Waals surface area (Å²) in [6.45, 7) is 4.01. The lowest BCUT2D eigenvalue weighted by atomic mass is 9.95. The van der Waals surface area contributed by atoms with Crippen LogP contribution in [-0.4, -0.2) is 48.6 Å². The Balaban J connectivity index is 2.34. The van der Waals surface area contributed by atoms with Crippen molar-refractivity contribution >= 4 is 29.5 Å². The molecule has 2 N–H and O–H groups in total. The molecule has 20 heavy (non-hydrogen) atoms. The highest BCUT2D eigenvalue weighted by molar-refractivity contribution is 7.99. The van der Waals surface area contributed by atoms with E-state index in [1.807, 2.05) is 23.5 Å². The fraction of sp³-hybridized carbons (Fsp3) is 0.933. The zero-order chi connectivity index (χ0) is 14.6. The highest BCUT2D eigenvalue weighted by atomic mass is 32.2. The maximum atomic E-state index is 4.71. The summed E-state index contributed by atoms with van der Waals surface area (Å²) >= 11 is 3.93. The number of rotatable bonds is 8. The molecule has 0 saturated heterocycles. The van der Waals surface area contributed by atoms with Gasteiger partial charge in [-0.15, -0.1) is 0 Å². The minimum Gasteiger partial charge on any atom is -0.357 e. The van der Waals surface area contributed by atoms with Crippen LogP contribution in [0.15, 0.2) is 4.99 Å². The van der Waals surface area contributed by atoms with Crippen LogP contribution in [0.4, 0.5) is 0 Å². The van der Waals surface area contributed by atoms with Gasteiger partial charge in [-0.25, -0.2) is 0 Å². The molecule has 0 heterocycles. The predicted molar refractivity (Wildman–Crippen MR) is 96.3 cm³/mol. The minimum atomic E-state index is 0.602. The summed E-state index contributed by atoms with van der Waals surface area (Å²) in [6, 6.07) is 0.602. The number of aliphatic imine (C=N–C) groups is 1. The molecule has 0 aromatic heterocycles. The van der Waals surface area contributed by atoms with E-state index >= 15 is 0 Å². The predicted octanol–water partition coefficient (Wildman–Crippen LogP) is 3.36. The highest BCUT2D eigenvalue weighted by Crippen LogP contribution is 2.26. The first-order valence-corrected chi connectivity index (χ1v) is 10.5. The average Bonchev–Trinajstić information content (AvgIpc) is 2.47. The van der Waals surface area contributed by atoms with Gasteiger partial charge in [-0.05, 0) is 57.3 Å². The summed E-state index contributed by atoms with van der Waals surface area (Å²) in [7, 11) is 0. The van der Waals surface area contributed by atoms with Crippen molar-refractivity contribution in [3.05, 3.63) is 0 Å². The molecule has 1 saturated carbocycles. The van der Waals surface area contributed by atoms with Crippen LogP contribution in [0.5, 0.6) is 0 Å². The lowest BCUT2D eigenvalue weighted by Crippen LogP contribution is -2.45. The standard InChI is InChI=1S/C15H31N3S2/c1-4-16-15(17-10-5-6-11-19-2)18-13-8-7-9-14(12-13)20-3/h13-14H,4-12H2,1-3H3,(H2,16,17,18). The average molecular weight is 318 g/mol. The zero-order valence-corrected chi connectivity index (χ0v) is 14.9. The number of unbranched alkanes of at least 4 members (excludes halogenated alkanes) is 1. The van der Waals surface area contributed by atoms with Crippen LogP contribution < -0.4 is 10.6 Å². The normalized spacial score (nSPS) is 23.6. The van der Waals surface area contributed by atoms with Gasteiger partial charge in [-0.1, -0.05) is 6.42 Å². The monoisotopic (exact) mass is 317 g/mol. The van der Waals surface area contributed by atoms with E-state index in [0.29, 0.717) is 6.04 Å². The Bertz CT molecular complexity index is 272. The molecule has 0 amide bonds. The number of nitrogens with one attached hydrogen (secondary N) is 2. The SMILES string of the molecule is CCNC(=NCCCCSC)NC1CCCC(SC)C1. The van der Waals surface area contributed by atoms with E-state index in [9.17, 15) is 0 Å². The largest absolute Gasteiger partial charge is 0.357 e. The number of hydrogen-bond acceptors (Lipinski definition) is 3. The molecule has 0 spiro atoms. The fourth-order valence-corrected chi connectivity index (χ4v) is 3.87. The zero-order valence-electron chi connectivity index (χ0n) is 13.3. The molecule has 5 heteroatoms.